The van der Waals surface area contributed by atoms with Gasteiger partial charge in [-0.15, -0.1) is 0 Å². The first-order chi connectivity index (χ1) is 12.0. The van der Waals surface area contributed by atoms with E-state index >= 15 is 0 Å². The van der Waals surface area contributed by atoms with Gasteiger partial charge in [-0.2, -0.15) is 5.10 Å². The second-order valence-electron chi connectivity index (χ2n) is 8.01. The molecular formula is C21H29N3O. The Hall–Kier alpha value is -1.65. The van der Waals surface area contributed by atoms with Gasteiger partial charge in [0.05, 0.1) is 11.3 Å². The Kier molecular flexibility index (Phi) is 4.20. The summed E-state index contributed by atoms with van der Waals surface area (Å²) in [7, 11) is 1.97. The second-order valence-corrected chi connectivity index (χ2v) is 8.01. The first kappa shape index (κ1) is 16.8. The molecule has 0 amide bonds. The number of nitrogens with zero attached hydrogens (tertiary/aromatic N) is 3. The maximum absolute atomic E-state index is 11.6. The average Bonchev–Trinajstić information content (AvgIpc) is 2.82. The van der Waals surface area contributed by atoms with Gasteiger partial charge in [-0.3, -0.25) is 9.58 Å². The van der Waals surface area contributed by atoms with Crippen LogP contribution in [0.5, 0.6) is 0 Å². The summed E-state index contributed by atoms with van der Waals surface area (Å²) in [6, 6.07) is 11.7. The zero-order valence-corrected chi connectivity index (χ0v) is 15.6. The van der Waals surface area contributed by atoms with E-state index in [0.717, 1.165) is 36.3 Å². The molecule has 1 N–H and O–H groups in total. The molecule has 0 aliphatic carbocycles. The third kappa shape index (κ3) is 2.91. The number of aryl methyl sites for hydroxylation is 2. The van der Waals surface area contributed by atoms with E-state index in [9.17, 15) is 5.11 Å². The van der Waals surface area contributed by atoms with Crippen LogP contribution in [0.1, 0.15) is 54.6 Å². The van der Waals surface area contributed by atoms with Crippen LogP contribution in [0, 0.1) is 13.8 Å². The Morgan fingerprint density at radius 1 is 1.12 bits per heavy atom. The van der Waals surface area contributed by atoms with E-state index < -0.39 is 5.60 Å². The third-order valence-electron chi connectivity index (χ3n) is 6.34. The Morgan fingerprint density at radius 2 is 1.76 bits per heavy atom. The molecule has 25 heavy (non-hydrogen) atoms. The fourth-order valence-electron chi connectivity index (χ4n) is 5.22. The van der Waals surface area contributed by atoms with Crippen LogP contribution in [-0.4, -0.2) is 31.9 Å². The molecular weight excluding hydrogens is 310 g/mol. The zero-order chi connectivity index (χ0) is 17.6. The van der Waals surface area contributed by atoms with Gasteiger partial charge in [-0.05, 0) is 45.1 Å². The number of benzene rings is 1. The molecule has 2 unspecified atom stereocenters. The molecule has 0 saturated carbocycles. The average molecular weight is 339 g/mol. The summed E-state index contributed by atoms with van der Waals surface area (Å²) in [4.78, 5) is 2.65. The lowest BCUT2D eigenvalue weighted by molar-refractivity contribution is -0.100. The molecule has 4 heteroatoms. The van der Waals surface area contributed by atoms with Crippen LogP contribution in [0.4, 0.5) is 0 Å². The third-order valence-corrected chi connectivity index (χ3v) is 6.34. The number of aromatic nitrogens is 2. The first-order valence-corrected chi connectivity index (χ1v) is 9.50. The van der Waals surface area contributed by atoms with Crippen LogP contribution in [0.15, 0.2) is 30.3 Å². The largest absolute Gasteiger partial charge is 0.385 e. The molecule has 2 aromatic rings. The van der Waals surface area contributed by atoms with Crippen LogP contribution < -0.4 is 0 Å². The number of fused-ring (bicyclic) bond motifs is 2. The van der Waals surface area contributed by atoms with Gasteiger partial charge in [-0.25, -0.2) is 0 Å². The summed E-state index contributed by atoms with van der Waals surface area (Å²) in [5.74, 6) is 0. The highest BCUT2D eigenvalue weighted by molar-refractivity contribution is 5.33. The van der Waals surface area contributed by atoms with Crippen LogP contribution in [-0.2, 0) is 19.2 Å². The lowest BCUT2D eigenvalue weighted by Gasteiger charge is -2.52. The van der Waals surface area contributed by atoms with E-state index in [-0.39, 0.29) is 0 Å². The number of piperidine rings is 2. The molecule has 0 spiro atoms. The zero-order valence-electron chi connectivity index (χ0n) is 15.6. The summed E-state index contributed by atoms with van der Waals surface area (Å²) >= 11 is 0. The molecule has 2 atom stereocenters. The Bertz CT molecular complexity index is 738. The van der Waals surface area contributed by atoms with Gasteiger partial charge in [-0.1, -0.05) is 36.8 Å². The fourth-order valence-corrected chi connectivity index (χ4v) is 5.22. The van der Waals surface area contributed by atoms with E-state index in [2.05, 4.69) is 47.3 Å². The van der Waals surface area contributed by atoms with Crippen molar-refractivity contribution in [3.8, 4) is 0 Å². The van der Waals surface area contributed by atoms with E-state index in [1.807, 2.05) is 18.7 Å². The molecule has 2 fully saturated rings. The molecule has 1 aromatic carbocycles. The van der Waals surface area contributed by atoms with Crippen molar-refractivity contribution in [3.05, 3.63) is 52.8 Å². The lowest BCUT2D eigenvalue weighted by atomic mass is 9.72. The molecule has 2 bridgehead atoms. The molecule has 1 aromatic heterocycles. The summed E-state index contributed by atoms with van der Waals surface area (Å²) in [5.41, 5.74) is 3.81. The monoisotopic (exact) mass is 339 g/mol. The molecule has 2 aliphatic rings. The molecule has 4 nitrogen and oxygen atoms in total. The van der Waals surface area contributed by atoms with Crippen molar-refractivity contribution >= 4 is 0 Å². The van der Waals surface area contributed by atoms with E-state index in [4.69, 9.17) is 0 Å². The predicted octanol–water partition coefficient (Wildman–Crippen LogP) is 3.44. The molecule has 4 rings (SSSR count). The second kappa shape index (κ2) is 6.26. The van der Waals surface area contributed by atoms with E-state index in [1.165, 1.54) is 24.8 Å². The quantitative estimate of drug-likeness (QED) is 0.931. The standard InChI is InChI=1S/C21H29N3O/c1-15-20(16(2)23(3)22-15)21(25)12-18-10-7-11-19(13-21)24(18)14-17-8-5-4-6-9-17/h4-6,8-9,18-19,25H,7,10-14H2,1-3H3. The van der Waals surface area contributed by atoms with Crippen molar-refractivity contribution in [1.82, 2.24) is 14.7 Å². The van der Waals surface area contributed by atoms with Crippen molar-refractivity contribution < 1.29 is 5.11 Å². The number of hydrogen-bond donors (Lipinski definition) is 1. The van der Waals surface area contributed by atoms with Gasteiger partial charge in [0.25, 0.3) is 0 Å². The van der Waals surface area contributed by atoms with Crippen molar-refractivity contribution in [2.24, 2.45) is 7.05 Å². The SMILES string of the molecule is Cc1nn(C)c(C)c1C1(O)CC2CCCC(C1)N2Cc1ccccc1. The molecule has 134 valence electrons. The summed E-state index contributed by atoms with van der Waals surface area (Å²) in [6.45, 7) is 5.11. The molecule has 0 radical (unpaired) electrons. The Balaban J connectivity index is 1.62. The summed E-state index contributed by atoms with van der Waals surface area (Å²) in [5, 5.41) is 16.2. The number of aliphatic hydroxyl groups is 1. The topological polar surface area (TPSA) is 41.3 Å². The van der Waals surface area contributed by atoms with Gasteiger partial charge < -0.3 is 5.11 Å². The van der Waals surface area contributed by atoms with E-state index in [0.29, 0.717) is 12.1 Å². The highest BCUT2D eigenvalue weighted by atomic mass is 16.3. The van der Waals surface area contributed by atoms with Crippen molar-refractivity contribution in [1.29, 1.82) is 0 Å². The van der Waals surface area contributed by atoms with E-state index in [1.54, 1.807) is 0 Å². The van der Waals surface area contributed by atoms with Crippen LogP contribution in [0.2, 0.25) is 0 Å². The summed E-state index contributed by atoms with van der Waals surface area (Å²) in [6.07, 6.45) is 5.29. The van der Waals surface area contributed by atoms with Gasteiger partial charge in [0.1, 0.15) is 0 Å². The van der Waals surface area contributed by atoms with Crippen LogP contribution in [0.3, 0.4) is 0 Å². The van der Waals surface area contributed by atoms with Crippen LogP contribution in [0.25, 0.3) is 0 Å². The van der Waals surface area contributed by atoms with Gasteiger partial charge in [0.15, 0.2) is 0 Å². The minimum absolute atomic E-state index is 0.455. The smallest absolute Gasteiger partial charge is 0.0961 e. The predicted molar refractivity (Wildman–Crippen MR) is 99.2 cm³/mol. The normalized spacial score (nSPS) is 29.8. The van der Waals surface area contributed by atoms with Crippen molar-refractivity contribution in [2.75, 3.05) is 0 Å². The minimum Gasteiger partial charge on any atom is -0.385 e. The van der Waals surface area contributed by atoms with Gasteiger partial charge >= 0.3 is 0 Å². The summed E-state index contributed by atoms with van der Waals surface area (Å²) < 4.78 is 1.91. The number of rotatable bonds is 3. The highest BCUT2D eigenvalue weighted by Crippen LogP contribution is 2.46. The van der Waals surface area contributed by atoms with Crippen molar-refractivity contribution in [2.45, 2.75) is 70.2 Å². The fraction of sp³-hybridized carbons (Fsp3) is 0.571. The molecule has 3 heterocycles. The number of hydrogen-bond acceptors (Lipinski definition) is 3. The van der Waals surface area contributed by atoms with Gasteiger partial charge in [0.2, 0.25) is 0 Å². The maximum Gasteiger partial charge on any atom is 0.0961 e. The van der Waals surface area contributed by atoms with Crippen LogP contribution >= 0.6 is 0 Å². The minimum atomic E-state index is -0.731. The highest BCUT2D eigenvalue weighted by Gasteiger charge is 2.48. The first-order valence-electron chi connectivity index (χ1n) is 9.50. The Morgan fingerprint density at radius 3 is 2.32 bits per heavy atom. The molecule has 2 aliphatic heterocycles. The Labute approximate surface area is 150 Å². The lowest BCUT2D eigenvalue weighted by Crippen LogP contribution is -2.56. The van der Waals surface area contributed by atoms with Crippen molar-refractivity contribution in [3.63, 3.8) is 0 Å². The molecule has 2 saturated heterocycles. The maximum atomic E-state index is 11.6. The van der Waals surface area contributed by atoms with Gasteiger partial charge in [0, 0.05) is 36.9 Å².